The van der Waals surface area contributed by atoms with Crippen LogP contribution in [-0.2, 0) is 27.5 Å². The Labute approximate surface area is 282 Å². The van der Waals surface area contributed by atoms with Crippen molar-refractivity contribution in [2.45, 2.75) is 51.4 Å². The van der Waals surface area contributed by atoms with Gasteiger partial charge in [0.05, 0.1) is 29.7 Å². The molecule has 4 amide bonds. The Morgan fingerprint density at radius 1 is 0.979 bits per heavy atom. The number of pyridine rings is 1. The maximum atomic E-state index is 12.9. The lowest BCUT2D eigenvalue weighted by Crippen LogP contribution is -2.55. The highest BCUT2D eigenvalue weighted by Gasteiger charge is 2.26. The number of carboxylic acid groups (broad SMARTS) is 1. The highest BCUT2D eigenvalue weighted by atomic mass is 32.2. The van der Waals surface area contributed by atoms with Crippen LogP contribution >= 0.6 is 11.8 Å². The molecular formula is C33H42N8O6S. The molecule has 0 aliphatic carbocycles. The van der Waals surface area contributed by atoms with Crippen LogP contribution in [0.15, 0.2) is 54.9 Å². The molecule has 14 nitrogen and oxygen atoms in total. The molecule has 0 saturated heterocycles. The number of aliphatic hydroxyl groups excluding tert-OH is 1. The van der Waals surface area contributed by atoms with Gasteiger partial charge in [-0.1, -0.05) is 49.4 Å². The number of rotatable bonds is 17. The lowest BCUT2D eigenvalue weighted by molar-refractivity contribution is -0.132. The normalized spacial score (nSPS) is 13.1. The Morgan fingerprint density at radius 3 is 2.40 bits per heavy atom. The van der Waals surface area contributed by atoms with E-state index in [9.17, 15) is 24.3 Å². The van der Waals surface area contributed by atoms with E-state index in [0.29, 0.717) is 18.8 Å². The van der Waals surface area contributed by atoms with E-state index in [1.165, 1.54) is 18.7 Å². The van der Waals surface area contributed by atoms with Crippen molar-refractivity contribution in [3.63, 3.8) is 0 Å². The fraction of sp³-hybridized carbons (Fsp3) is 0.394. The number of nitrogens with one attached hydrogen (secondary N) is 4. The van der Waals surface area contributed by atoms with Gasteiger partial charge in [-0.25, -0.2) is 9.78 Å². The van der Waals surface area contributed by atoms with Crippen LogP contribution in [0.2, 0.25) is 0 Å². The standard InChI is InChI=1S/C33H42N8O6S/c1-20(11-12-34)28-29-30(24-5-3-4-6-25(24)39-28)41(19-37-29)16-23-9-7-22(8-10-23)15-36-31(44)26(17-42)40-32(45)27(38-21(2)43)18-48-14-13-35-33(46)47/h3-10,19-20,26-27,35,42H,11-18,34H2,1-2H3,(H,36,44)(H,38,43)(H,40,45)(H,46,47)/t20-,26+,27?/m0/s1. The minimum absolute atomic E-state index is 0.148. The van der Waals surface area contributed by atoms with Crippen LogP contribution in [0.5, 0.6) is 0 Å². The highest BCUT2D eigenvalue weighted by molar-refractivity contribution is 7.99. The summed E-state index contributed by atoms with van der Waals surface area (Å²) in [5.74, 6) is -0.979. The molecule has 0 spiro atoms. The van der Waals surface area contributed by atoms with Gasteiger partial charge in [-0.15, -0.1) is 0 Å². The van der Waals surface area contributed by atoms with E-state index in [1.807, 2.05) is 48.8 Å². The lowest BCUT2D eigenvalue weighted by Gasteiger charge is -2.21. The maximum absolute atomic E-state index is 12.9. The van der Waals surface area contributed by atoms with E-state index >= 15 is 0 Å². The molecule has 8 N–H and O–H groups in total. The first kappa shape index (κ1) is 36.1. The number of fused-ring (bicyclic) bond motifs is 3. The molecule has 2 heterocycles. The zero-order valence-electron chi connectivity index (χ0n) is 26.9. The van der Waals surface area contributed by atoms with Gasteiger partial charge in [0.25, 0.3) is 0 Å². The van der Waals surface area contributed by atoms with Gasteiger partial charge in [0, 0.05) is 49.4 Å². The topological polar surface area (TPSA) is 214 Å². The summed E-state index contributed by atoms with van der Waals surface area (Å²) >= 11 is 1.25. The number of carbonyl (C=O) groups is 4. The summed E-state index contributed by atoms with van der Waals surface area (Å²) in [6, 6.07) is 13.6. The number of benzene rings is 2. The third kappa shape index (κ3) is 9.65. The van der Waals surface area contributed by atoms with Gasteiger partial charge in [0.15, 0.2) is 0 Å². The molecule has 0 bridgehead atoms. The number of nitrogens with two attached hydrogens (primary N) is 1. The molecule has 256 valence electrons. The number of thioether (sulfide) groups is 1. The molecule has 4 aromatic rings. The molecule has 0 fully saturated rings. The number of aliphatic hydroxyl groups is 1. The summed E-state index contributed by atoms with van der Waals surface area (Å²) in [4.78, 5) is 57.6. The fourth-order valence-corrected chi connectivity index (χ4v) is 6.14. The Kier molecular flexibility index (Phi) is 13.1. The summed E-state index contributed by atoms with van der Waals surface area (Å²) in [6.45, 7) is 4.21. The molecule has 0 aliphatic rings. The van der Waals surface area contributed by atoms with Crippen LogP contribution in [0.4, 0.5) is 4.79 Å². The van der Waals surface area contributed by atoms with Crippen molar-refractivity contribution in [3.8, 4) is 0 Å². The van der Waals surface area contributed by atoms with E-state index in [2.05, 4.69) is 38.8 Å². The first-order valence-corrected chi connectivity index (χ1v) is 16.8. The maximum Gasteiger partial charge on any atom is 0.404 e. The van der Waals surface area contributed by atoms with Crippen molar-refractivity contribution in [2.24, 2.45) is 5.73 Å². The summed E-state index contributed by atoms with van der Waals surface area (Å²) < 4.78 is 2.11. The van der Waals surface area contributed by atoms with E-state index in [4.69, 9.17) is 20.8 Å². The van der Waals surface area contributed by atoms with E-state index in [-0.39, 0.29) is 24.8 Å². The van der Waals surface area contributed by atoms with Gasteiger partial charge in [-0.05, 0) is 30.2 Å². The van der Waals surface area contributed by atoms with Crippen molar-refractivity contribution >= 4 is 57.5 Å². The molecule has 0 saturated carbocycles. The quantitative estimate of drug-likeness (QED) is 0.0803. The molecule has 2 aromatic heterocycles. The highest BCUT2D eigenvalue weighted by Crippen LogP contribution is 2.31. The van der Waals surface area contributed by atoms with Gasteiger partial charge < -0.3 is 41.8 Å². The zero-order chi connectivity index (χ0) is 34.6. The van der Waals surface area contributed by atoms with E-state index < -0.39 is 42.5 Å². The van der Waals surface area contributed by atoms with Gasteiger partial charge in [-0.2, -0.15) is 11.8 Å². The number of para-hydroxylation sites is 1. The van der Waals surface area contributed by atoms with Crippen LogP contribution in [0.1, 0.15) is 43.0 Å². The van der Waals surface area contributed by atoms with E-state index in [1.54, 1.807) is 0 Å². The molecule has 15 heteroatoms. The predicted molar refractivity (Wildman–Crippen MR) is 184 cm³/mol. The first-order valence-electron chi connectivity index (χ1n) is 15.6. The first-order chi connectivity index (χ1) is 23.1. The SMILES string of the molecule is CC(=O)NC(CSCCNC(=O)O)C(=O)N[C@H](CO)C(=O)NCc1ccc(Cn2cnc3c([C@@H](C)CCN)nc4ccccc4c32)cc1. The van der Waals surface area contributed by atoms with Crippen molar-refractivity contribution in [1.29, 1.82) is 0 Å². The molecule has 0 aliphatic heterocycles. The van der Waals surface area contributed by atoms with Crippen molar-refractivity contribution in [3.05, 3.63) is 71.7 Å². The van der Waals surface area contributed by atoms with Gasteiger partial charge in [0.1, 0.15) is 17.6 Å². The summed E-state index contributed by atoms with van der Waals surface area (Å²) in [5, 5.41) is 29.5. The van der Waals surface area contributed by atoms with E-state index in [0.717, 1.165) is 45.2 Å². The number of carbonyl (C=O) groups excluding carboxylic acids is 3. The molecule has 0 radical (unpaired) electrons. The fourth-order valence-electron chi connectivity index (χ4n) is 5.25. The minimum Gasteiger partial charge on any atom is -0.465 e. The van der Waals surface area contributed by atoms with Gasteiger partial charge >= 0.3 is 6.09 Å². The van der Waals surface area contributed by atoms with Gasteiger partial charge in [-0.3, -0.25) is 19.4 Å². The van der Waals surface area contributed by atoms with Crippen LogP contribution in [0, 0.1) is 0 Å². The second kappa shape index (κ2) is 17.4. The largest absolute Gasteiger partial charge is 0.465 e. The lowest BCUT2D eigenvalue weighted by atomic mass is 10.0. The Balaban J connectivity index is 1.37. The second-order valence-corrected chi connectivity index (χ2v) is 12.6. The third-order valence-electron chi connectivity index (χ3n) is 7.71. The zero-order valence-corrected chi connectivity index (χ0v) is 27.8. The summed E-state index contributed by atoms with van der Waals surface area (Å²) in [6.07, 6.45) is 1.49. The number of nitrogens with zero attached hydrogens (tertiary/aromatic N) is 3. The van der Waals surface area contributed by atoms with Crippen LogP contribution < -0.4 is 27.0 Å². The molecule has 4 rings (SSSR count). The minimum atomic E-state index is -1.23. The predicted octanol–water partition coefficient (Wildman–Crippen LogP) is 1.68. The molecule has 1 unspecified atom stereocenters. The Morgan fingerprint density at radius 2 is 1.71 bits per heavy atom. The van der Waals surface area contributed by atoms with Crippen molar-refractivity contribution in [2.75, 3.05) is 31.2 Å². The molecule has 2 aromatic carbocycles. The molecular weight excluding hydrogens is 636 g/mol. The smallest absolute Gasteiger partial charge is 0.404 e. The van der Waals surface area contributed by atoms with Crippen LogP contribution in [0.3, 0.4) is 0 Å². The molecule has 48 heavy (non-hydrogen) atoms. The molecule has 3 atom stereocenters. The summed E-state index contributed by atoms with van der Waals surface area (Å²) in [5.41, 5.74) is 11.4. The number of imidazole rings is 1. The Hall–Kier alpha value is -4.73. The number of hydrogen-bond acceptors (Lipinski definition) is 9. The third-order valence-corrected chi connectivity index (χ3v) is 8.77. The summed E-state index contributed by atoms with van der Waals surface area (Å²) in [7, 11) is 0. The average Bonchev–Trinajstić information content (AvgIpc) is 3.49. The number of amides is 4. The van der Waals surface area contributed by atoms with Gasteiger partial charge in [0.2, 0.25) is 17.7 Å². The second-order valence-electron chi connectivity index (χ2n) is 11.4. The van der Waals surface area contributed by atoms with Crippen molar-refractivity contribution < 1.29 is 29.4 Å². The van der Waals surface area contributed by atoms with Crippen LogP contribution in [0.25, 0.3) is 21.9 Å². The number of aromatic nitrogens is 3. The number of hydrogen-bond donors (Lipinski definition) is 7. The Bertz CT molecular complexity index is 1730. The van der Waals surface area contributed by atoms with Crippen molar-refractivity contribution in [1.82, 2.24) is 35.8 Å². The monoisotopic (exact) mass is 678 g/mol. The van der Waals surface area contributed by atoms with Crippen LogP contribution in [-0.4, -0.2) is 91.8 Å². The average molecular weight is 679 g/mol.